The molecule has 2 aromatic rings. The second kappa shape index (κ2) is 6.12. The molecule has 21 heavy (non-hydrogen) atoms. The Morgan fingerprint density at radius 1 is 1.14 bits per heavy atom. The van der Waals surface area contributed by atoms with Crippen LogP contribution in [0.3, 0.4) is 0 Å². The lowest BCUT2D eigenvalue weighted by molar-refractivity contribution is -0.142. The molecule has 0 spiro atoms. The summed E-state index contributed by atoms with van der Waals surface area (Å²) in [4.78, 5) is 11.7. The lowest BCUT2D eigenvalue weighted by atomic mass is 10.1. The zero-order valence-corrected chi connectivity index (χ0v) is 13.4. The standard InChI is InChI=1S/C17H22N2O2/c1-6-21-17(20)10-16-13(4)18-19(14(16)5)15-8-11(2)7-12(3)9-15/h7-9H,6,10H2,1-5H3. The molecule has 4 nitrogen and oxygen atoms in total. The smallest absolute Gasteiger partial charge is 0.310 e. The molecule has 1 aromatic heterocycles. The molecule has 0 atom stereocenters. The van der Waals surface area contributed by atoms with Gasteiger partial charge in [0, 0.05) is 11.3 Å². The second-order valence-electron chi connectivity index (χ2n) is 5.39. The summed E-state index contributed by atoms with van der Waals surface area (Å²) in [7, 11) is 0. The van der Waals surface area contributed by atoms with Crippen molar-refractivity contribution < 1.29 is 9.53 Å². The molecule has 0 bridgehead atoms. The SMILES string of the molecule is CCOC(=O)Cc1c(C)nn(-c2cc(C)cc(C)c2)c1C. The minimum Gasteiger partial charge on any atom is -0.466 e. The molecule has 0 fully saturated rings. The quantitative estimate of drug-likeness (QED) is 0.811. The highest BCUT2D eigenvalue weighted by Gasteiger charge is 2.16. The lowest BCUT2D eigenvalue weighted by Gasteiger charge is -2.08. The fraction of sp³-hybridized carbons (Fsp3) is 0.412. The Balaban J connectivity index is 2.40. The van der Waals surface area contributed by atoms with Crippen molar-refractivity contribution in [1.29, 1.82) is 0 Å². The highest BCUT2D eigenvalue weighted by molar-refractivity contribution is 5.73. The van der Waals surface area contributed by atoms with Crippen molar-refractivity contribution in [2.24, 2.45) is 0 Å². The van der Waals surface area contributed by atoms with Crippen molar-refractivity contribution in [2.45, 2.75) is 41.0 Å². The minimum atomic E-state index is -0.205. The number of hydrogen-bond acceptors (Lipinski definition) is 3. The molecule has 0 aliphatic rings. The molecule has 0 saturated carbocycles. The average molecular weight is 286 g/mol. The molecule has 1 aromatic carbocycles. The number of rotatable bonds is 4. The molecule has 0 aliphatic carbocycles. The Morgan fingerprint density at radius 3 is 2.33 bits per heavy atom. The van der Waals surface area contributed by atoms with Crippen LogP contribution in [0.25, 0.3) is 5.69 Å². The average Bonchev–Trinajstić information content (AvgIpc) is 2.66. The molecule has 4 heteroatoms. The monoisotopic (exact) mass is 286 g/mol. The van der Waals surface area contributed by atoms with E-state index in [1.165, 1.54) is 11.1 Å². The molecule has 0 unspecified atom stereocenters. The van der Waals surface area contributed by atoms with Gasteiger partial charge in [-0.05, 0) is 57.9 Å². The number of ether oxygens (including phenoxy) is 1. The number of hydrogen-bond donors (Lipinski definition) is 0. The Kier molecular flexibility index (Phi) is 4.46. The molecule has 0 radical (unpaired) electrons. The lowest BCUT2D eigenvalue weighted by Crippen LogP contribution is -2.09. The first-order chi connectivity index (χ1) is 9.92. The van der Waals surface area contributed by atoms with Gasteiger partial charge in [0.2, 0.25) is 0 Å². The molecule has 2 rings (SSSR count). The first-order valence-electron chi connectivity index (χ1n) is 7.21. The minimum absolute atomic E-state index is 0.205. The van der Waals surface area contributed by atoms with Gasteiger partial charge in [0.25, 0.3) is 0 Å². The first kappa shape index (κ1) is 15.3. The van der Waals surface area contributed by atoms with Crippen molar-refractivity contribution in [3.8, 4) is 5.69 Å². The van der Waals surface area contributed by atoms with Gasteiger partial charge in [0.15, 0.2) is 0 Å². The number of benzene rings is 1. The Labute approximate surface area is 125 Å². The summed E-state index contributed by atoms with van der Waals surface area (Å²) >= 11 is 0. The van der Waals surface area contributed by atoms with E-state index in [0.717, 1.165) is 22.6 Å². The number of carbonyl (C=O) groups is 1. The van der Waals surface area contributed by atoms with Crippen LogP contribution in [0.1, 0.15) is 35.0 Å². The number of nitrogens with zero attached hydrogens (tertiary/aromatic N) is 2. The summed E-state index contributed by atoms with van der Waals surface area (Å²) in [6.07, 6.45) is 0.274. The van der Waals surface area contributed by atoms with Crippen LogP contribution in [0.4, 0.5) is 0 Å². The van der Waals surface area contributed by atoms with Gasteiger partial charge in [-0.15, -0.1) is 0 Å². The molecule has 0 aliphatic heterocycles. The number of aromatic nitrogens is 2. The first-order valence-corrected chi connectivity index (χ1v) is 7.21. The van der Waals surface area contributed by atoms with Gasteiger partial charge in [-0.1, -0.05) is 6.07 Å². The predicted octanol–water partition coefficient (Wildman–Crippen LogP) is 3.21. The fourth-order valence-electron chi connectivity index (χ4n) is 2.61. The van der Waals surface area contributed by atoms with Crippen LogP contribution in [0.5, 0.6) is 0 Å². The third-order valence-electron chi connectivity index (χ3n) is 3.52. The van der Waals surface area contributed by atoms with Gasteiger partial charge >= 0.3 is 5.97 Å². The molecule has 0 amide bonds. The van der Waals surface area contributed by atoms with Crippen LogP contribution in [-0.4, -0.2) is 22.4 Å². The summed E-state index contributed by atoms with van der Waals surface area (Å²) in [6.45, 7) is 10.3. The van der Waals surface area contributed by atoms with Crippen LogP contribution in [0.2, 0.25) is 0 Å². The summed E-state index contributed by atoms with van der Waals surface area (Å²) in [6, 6.07) is 6.33. The van der Waals surface area contributed by atoms with Crippen molar-refractivity contribution in [2.75, 3.05) is 6.61 Å². The van der Waals surface area contributed by atoms with E-state index in [-0.39, 0.29) is 12.4 Å². The van der Waals surface area contributed by atoms with Gasteiger partial charge in [0.1, 0.15) is 0 Å². The van der Waals surface area contributed by atoms with Gasteiger partial charge in [-0.25, -0.2) is 4.68 Å². The van der Waals surface area contributed by atoms with Gasteiger partial charge in [0.05, 0.1) is 24.4 Å². The predicted molar refractivity (Wildman–Crippen MR) is 82.8 cm³/mol. The summed E-state index contributed by atoms with van der Waals surface area (Å²) in [5.74, 6) is -0.205. The van der Waals surface area contributed by atoms with Crippen molar-refractivity contribution in [3.63, 3.8) is 0 Å². The Hall–Kier alpha value is -2.10. The molecule has 0 saturated heterocycles. The maximum Gasteiger partial charge on any atom is 0.310 e. The van der Waals surface area contributed by atoms with Crippen molar-refractivity contribution in [3.05, 3.63) is 46.3 Å². The van der Waals surface area contributed by atoms with E-state index >= 15 is 0 Å². The van der Waals surface area contributed by atoms with E-state index in [2.05, 4.69) is 37.1 Å². The number of carbonyl (C=O) groups excluding carboxylic acids is 1. The van der Waals surface area contributed by atoms with E-state index in [4.69, 9.17) is 4.74 Å². The van der Waals surface area contributed by atoms with Crippen LogP contribution in [0, 0.1) is 27.7 Å². The van der Waals surface area contributed by atoms with Crippen molar-refractivity contribution >= 4 is 5.97 Å². The Morgan fingerprint density at radius 2 is 1.76 bits per heavy atom. The van der Waals surface area contributed by atoms with E-state index in [1.54, 1.807) is 0 Å². The fourth-order valence-corrected chi connectivity index (χ4v) is 2.61. The zero-order chi connectivity index (χ0) is 15.6. The van der Waals surface area contributed by atoms with E-state index < -0.39 is 0 Å². The third-order valence-corrected chi connectivity index (χ3v) is 3.52. The maximum atomic E-state index is 11.7. The molecule has 1 heterocycles. The van der Waals surface area contributed by atoms with E-state index in [9.17, 15) is 4.79 Å². The topological polar surface area (TPSA) is 44.1 Å². The highest BCUT2D eigenvalue weighted by atomic mass is 16.5. The van der Waals surface area contributed by atoms with Crippen LogP contribution >= 0.6 is 0 Å². The highest BCUT2D eigenvalue weighted by Crippen LogP contribution is 2.20. The zero-order valence-electron chi connectivity index (χ0n) is 13.4. The van der Waals surface area contributed by atoms with Gasteiger partial charge in [-0.2, -0.15) is 5.10 Å². The van der Waals surface area contributed by atoms with E-state index in [0.29, 0.717) is 6.61 Å². The molecular formula is C17H22N2O2. The van der Waals surface area contributed by atoms with Gasteiger partial charge < -0.3 is 4.74 Å². The molecule has 112 valence electrons. The second-order valence-corrected chi connectivity index (χ2v) is 5.39. The van der Waals surface area contributed by atoms with Crippen LogP contribution < -0.4 is 0 Å². The summed E-state index contributed by atoms with van der Waals surface area (Å²) < 4.78 is 6.94. The van der Waals surface area contributed by atoms with Crippen LogP contribution in [-0.2, 0) is 16.0 Å². The van der Waals surface area contributed by atoms with E-state index in [1.807, 2.05) is 25.5 Å². The number of esters is 1. The van der Waals surface area contributed by atoms with Crippen molar-refractivity contribution in [1.82, 2.24) is 9.78 Å². The molecular weight excluding hydrogens is 264 g/mol. The Bertz CT molecular complexity index is 651. The largest absolute Gasteiger partial charge is 0.466 e. The third kappa shape index (κ3) is 3.32. The summed E-state index contributed by atoms with van der Waals surface area (Å²) in [5, 5.41) is 4.58. The summed E-state index contributed by atoms with van der Waals surface area (Å²) in [5.41, 5.74) is 6.25. The van der Waals surface area contributed by atoms with Crippen LogP contribution in [0.15, 0.2) is 18.2 Å². The maximum absolute atomic E-state index is 11.7. The normalized spacial score (nSPS) is 10.7. The van der Waals surface area contributed by atoms with Gasteiger partial charge in [-0.3, -0.25) is 4.79 Å². The molecule has 0 N–H and O–H groups in total. The number of aryl methyl sites for hydroxylation is 3.